The molecular weight excluding hydrogens is 272 g/mol. The van der Waals surface area contributed by atoms with Crippen LogP contribution in [0.25, 0.3) is 0 Å². The highest BCUT2D eigenvalue weighted by atomic mass is 16.5. The van der Waals surface area contributed by atoms with E-state index in [4.69, 9.17) is 19.0 Å². The maximum atomic E-state index is 8.00. The Morgan fingerprint density at radius 2 is 1.00 bits per heavy atom. The molecule has 6 nitrogen and oxygen atoms in total. The minimum atomic E-state index is 0.893. The molecule has 0 atom stereocenters. The fourth-order valence-electron chi connectivity index (χ4n) is 2.46. The second-order valence-corrected chi connectivity index (χ2v) is 5.28. The predicted octanol–water partition coefficient (Wildman–Crippen LogP) is 0.610. The van der Waals surface area contributed by atoms with E-state index in [0.29, 0.717) is 0 Å². The maximum absolute atomic E-state index is 8.00. The van der Waals surface area contributed by atoms with Crippen LogP contribution in [0.15, 0.2) is 0 Å². The molecule has 3 heterocycles. The van der Waals surface area contributed by atoms with Crippen LogP contribution in [0.3, 0.4) is 0 Å². The van der Waals surface area contributed by atoms with Crippen LogP contribution in [0.2, 0.25) is 0 Å². The number of hydrogen-bond acceptors (Lipinski definition) is 6. The Morgan fingerprint density at radius 1 is 0.619 bits per heavy atom. The Balaban J connectivity index is 0.000000231. The van der Waals surface area contributed by atoms with Gasteiger partial charge in [0, 0.05) is 39.4 Å². The van der Waals surface area contributed by atoms with Crippen LogP contribution in [-0.4, -0.2) is 89.1 Å². The first-order valence-electron chi connectivity index (χ1n) is 7.92. The number of carbonyl (C=O) groups excluding carboxylic acids is 1. The van der Waals surface area contributed by atoms with Crippen LogP contribution < -0.4 is 0 Å². The Kier molecular flexibility index (Phi) is 11.6. The van der Waals surface area contributed by atoms with E-state index in [9.17, 15) is 0 Å². The van der Waals surface area contributed by atoms with E-state index in [1.54, 1.807) is 0 Å². The van der Waals surface area contributed by atoms with Gasteiger partial charge in [0.1, 0.15) is 6.79 Å². The van der Waals surface area contributed by atoms with Crippen LogP contribution in [0.1, 0.15) is 19.3 Å². The first-order chi connectivity index (χ1) is 10.4. The molecule has 6 heteroatoms. The monoisotopic (exact) mass is 302 g/mol. The van der Waals surface area contributed by atoms with E-state index in [0.717, 1.165) is 72.5 Å². The van der Waals surface area contributed by atoms with Gasteiger partial charge in [0.25, 0.3) is 0 Å². The van der Waals surface area contributed by atoms with Gasteiger partial charge < -0.3 is 19.0 Å². The third kappa shape index (κ3) is 9.16. The lowest BCUT2D eigenvalue weighted by atomic mass is 10.2. The number of ether oxygens (including phenoxy) is 3. The zero-order valence-electron chi connectivity index (χ0n) is 13.1. The Morgan fingerprint density at radius 3 is 1.29 bits per heavy atom. The normalized spacial score (nSPS) is 24.2. The molecule has 3 rings (SSSR count). The molecule has 0 aliphatic carbocycles. The molecule has 0 aromatic rings. The average molecular weight is 302 g/mol. The summed E-state index contributed by atoms with van der Waals surface area (Å²) in [7, 11) is 0. The van der Waals surface area contributed by atoms with Crippen LogP contribution in [0, 0.1) is 0 Å². The molecule has 124 valence electrons. The third-order valence-electron chi connectivity index (χ3n) is 3.68. The molecule has 3 fully saturated rings. The lowest BCUT2D eigenvalue weighted by Gasteiger charge is -2.34. The molecule has 0 N–H and O–H groups in total. The van der Waals surface area contributed by atoms with E-state index in [1.165, 1.54) is 19.3 Å². The Hall–Kier alpha value is -0.530. The minimum Gasteiger partial charge on any atom is -0.381 e. The maximum Gasteiger partial charge on any atom is 0.106 e. The summed E-state index contributed by atoms with van der Waals surface area (Å²) in [4.78, 5) is 12.9. The summed E-state index contributed by atoms with van der Waals surface area (Å²) in [5.41, 5.74) is 0. The second-order valence-electron chi connectivity index (χ2n) is 5.28. The van der Waals surface area contributed by atoms with Crippen LogP contribution >= 0.6 is 0 Å². The lowest BCUT2D eigenvalue weighted by molar-refractivity contribution is -0.0979. The standard InChI is InChI=1S/C9H18N2O2.C5H10O.CH2O/c1-5-12-6-2-10(1)9-11-3-7-13-8-4-11;1-2-4-6-5-3-1;1-2/h1-9H2;1-5H2;1H2. The van der Waals surface area contributed by atoms with Crippen molar-refractivity contribution in [1.82, 2.24) is 9.80 Å². The van der Waals surface area contributed by atoms with Gasteiger partial charge in [-0.25, -0.2) is 0 Å². The van der Waals surface area contributed by atoms with Crippen molar-refractivity contribution in [2.45, 2.75) is 19.3 Å². The Bertz CT molecular complexity index is 200. The van der Waals surface area contributed by atoms with Crippen molar-refractivity contribution >= 4 is 6.79 Å². The molecule has 0 aromatic heterocycles. The van der Waals surface area contributed by atoms with Crippen molar-refractivity contribution in [1.29, 1.82) is 0 Å². The van der Waals surface area contributed by atoms with Gasteiger partial charge in [0.2, 0.25) is 0 Å². The summed E-state index contributed by atoms with van der Waals surface area (Å²) in [6, 6.07) is 0. The molecular formula is C15H30N2O4. The largest absolute Gasteiger partial charge is 0.381 e. The molecule has 0 saturated carbocycles. The van der Waals surface area contributed by atoms with E-state index in [-0.39, 0.29) is 0 Å². The lowest BCUT2D eigenvalue weighted by Crippen LogP contribution is -2.47. The molecule has 3 aliphatic rings. The molecule has 0 radical (unpaired) electrons. The minimum absolute atomic E-state index is 0.893. The quantitative estimate of drug-likeness (QED) is 0.745. The second kappa shape index (κ2) is 13.2. The summed E-state index contributed by atoms with van der Waals surface area (Å²) in [5, 5.41) is 0. The van der Waals surface area contributed by atoms with Crippen LogP contribution in [-0.2, 0) is 19.0 Å². The average Bonchev–Trinajstić information content (AvgIpc) is 2.61. The number of carbonyl (C=O) groups is 1. The summed E-state index contributed by atoms with van der Waals surface area (Å²) >= 11 is 0. The highest BCUT2D eigenvalue weighted by Crippen LogP contribution is 2.02. The molecule has 0 amide bonds. The fourth-order valence-corrected chi connectivity index (χ4v) is 2.46. The smallest absolute Gasteiger partial charge is 0.106 e. The van der Waals surface area contributed by atoms with E-state index < -0.39 is 0 Å². The molecule has 21 heavy (non-hydrogen) atoms. The highest BCUT2D eigenvalue weighted by molar-refractivity contribution is 5.10. The van der Waals surface area contributed by atoms with Gasteiger partial charge in [-0.15, -0.1) is 0 Å². The summed E-state index contributed by atoms with van der Waals surface area (Å²) in [6.07, 6.45) is 3.93. The summed E-state index contributed by atoms with van der Waals surface area (Å²) in [5.74, 6) is 0. The zero-order chi connectivity index (χ0) is 15.2. The Labute approximate surface area is 128 Å². The van der Waals surface area contributed by atoms with Crippen molar-refractivity contribution in [3.05, 3.63) is 0 Å². The van der Waals surface area contributed by atoms with Crippen molar-refractivity contribution in [2.75, 3.05) is 72.5 Å². The van der Waals surface area contributed by atoms with Gasteiger partial charge in [-0.1, -0.05) is 0 Å². The van der Waals surface area contributed by atoms with Crippen molar-refractivity contribution in [3.63, 3.8) is 0 Å². The number of nitrogens with zero attached hydrogens (tertiary/aromatic N) is 2. The summed E-state index contributed by atoms with van der Waals surface area (Å²) < 4.78 is 15.7. The molecule has 0 spiro atoms. The topological polar surface area (TPSA) is 51.2 Å². The summed E-state index contributed by atoms with van der Waals surface area (Å²) in [6.45, 7) is 13.0. The zero-order valence-corrected chi connectivity index (χ0v) is 13.1. The van der Waals surface area contributed by atoms with Gasteiger partial charge >= 0.3 is 0 Å². The first kappa shape index (κ1) is 18.5. The van der Waals surface area contributed by atoms with E-state index >= 15 is 0 Å². The van der Waals surface area contributed by atoms with Gasteiger partial charge in [0.05, 0.1) is 33.1 Å². The molecule has 0 unspecified atom stereocenters. The van der Waals surface area contributed by atoms with E-state index in [1.807, 2.05) is 6.79 Å². The fraction of sp³-hybridized carbons (Fsp3) is 0.933. The molecule has 3 aliphatic heterocycles. The van der Waals surface area contributed by atoms with Crippen LogP contribution in [0.5, 0.6) is 0 Å². The first-order valence-corrected chi connectivity index (χ1v) is 7.92. The predicted molar refractivity (Wildman–Crippen MR) is 81.4 cm³/mol. The number of rotatable bonds is 2. The van der Waals surface area contributed by atoms with Crippen molar-refractivity contribution in [3.8, 4) is 0 Å². The SMILES string of the molecule is C1CCOCC1.C1CN(CN2CCOCC2)CCO1.C=O. The number of hydrogen-bond donors (Lipinski definition) is 0. The third-order valence-corrected chi connectivity index (χ3v) is 3.68. The van der Waals surface area contributed by atoms with Gasteiger partial charge in [-0.05, 0) is 19.3 Å². The highest BCUT2D eigenvalue weighted by Gasteiger charge is 2.16. The van der Waals surface area contributed by atoms with Crippen LogP contribution in [0.4, 0.5) is 0 Å². The van der Waals surface area contributed by atoms with Gasteiger partial charge in [-0.3, -0.25) is 9.80 Å². The van der Waals surface area contributed by atoms with Crippen molar-refractivity contribution in [2.24, 2.45) is 0 Å². The van der Waals surface area contributed by atoms with Crippen molar-refractivity contribution < 1.29 is 19.0 Å². The molecule has 0 aromatic carbocycles. The number of morpholine rings is 2. The van der Waals surface area contributed by atoms with Gasteiger partial charge in [-0.2, -0.15) is 0 Å². The molecule has 3 saturated heterocycles. The van der Waals surface area contributed by atoms with E-state index in [2.05, 4.69) is 9.80 Å². The molecule has 0 bridgehead atoms. The van der Waals surface area contributed by atoms with Gasteiger partial charge in [0.15, 0.2) is 0 Å².